The van der Waals surface area contributed by atoms with Gasteiger partial charge in [-0.3, -0.25) is 4.79 Å². The molecule has 2 aromatic carbocycles. The Kier molecular flexibility index (Phi) is 5.28. The first-order valence-corrected chi connectivity index (χ1v) is 8.72. The molecule has 1 heterocycles. The zero-order valence-electron chi connectivity index (χ0n) is 13.4. The van der Waals surface area contributed by atoms with Crippen molar-refractivity contribution >= 4 is 23.4 Å². The first-order chi connectivity index (χ1) is 11.7. The molecule has 0 aliphatic rings. The van der Waals surface area contributed by atoms with Gasteiger partial charge in [0.1, 0.15) is 0 Å². The number of aromatic amines is 1. The van der Waals surface area contributed by atoms with Crippen molar-refractivity contribution in [1.29, 1.82) is 0 Å². The monoisotopic (exact) mass is 339 g/mol. The number of anilines is 1. The van der Waals surface area contributed by atoms with Crippen LogP contribution in [0.15, 0.2) is 66.1 Å². The summed E-state index contributed by atoms with van der Waals surface area (Å²) in [5, 5.41) is 6.88. The number of hydrogen-bond donors (Lipinski definition) is 2. The number of rotatable bonds is 6. The average Bonchev–Trinajstić information content (AvgIpc) is 3.06. The summed E-state index contributed by atoms with van der Waals surface area (Å²) in [6.07, 6.45) is 2.09. The largest absolute Gasteiger partial charge is 0.385 e. The van der Waals surface area contributed by atoms with Gasteiger partial charge in [0.15, 0.2) is 5.69 Å². The second-order valence-corrected chi connectivity index (χ2v) is 6.36. The quantitative estimate of drug-likeness (QED) is 0.536. The van der Waals surface area contributed by atoms with Crippen molar-refractivity contribution in [2.24, 2.45) is 0 Å². The van der Waals surface area contributed by atoms with Crippen molar-refractivity contribution in [3.8, 4) is 5.69 Å². The average molecular weight is 339 g/mol. The normalized spacial score (nSPS) is 10.5. The van der Waals surface area contributed by atoms with E-state index in [1.165, 1.54) is 0 Å². The lowest BCUT2D eigenvalue weighted by Gasteiger charge is -2.07. The minimum atomic E-state index is 0.0126. The van der Waals surface area contributed by atoms with E-state index in [2.05, 4.69) is 15.4 Å². The van der Waals surface area contributed by atoms with Crippen LogP contribution in [0.1, 0.15) is 12.0 Å². The second-order valence-electron chi connectivity index (χ2n) is 5.30. The van der Waals surface area contributed by atoms with Crippen molar-refractivity contribution in [2.75, 3.05) is 11.1 Å². The van der Waals surface area contributed by atoms with Gasteiger partial charge >= 0.3 is 5.16 Å². The van der Waals surface area contributed by atoms with Crippen molar-refractivity contribution in [3.05, 3.63) is 66.5 Å². The molecule has 3 aromatic rings. The van der Waals surface area contributed by atoms with E-state index in [-0.39, 0.29) is 5.91 Å². The highest BCUT2D eigenvalue weighted by molar-refractivity contribution is 7.99. The minimum absolute atomic E-state index is 0.0126. The van der Waals surface area contributed by atoms with Gasteiger partial charge in [0.2, 0.25) is 12.2 Å². The molecule has 0 aliphatic heterocycles. The van der Waals surface area contributed by atoms with Gasteiger partial charge in [0, 0.05) is 17.9 Å². The molecule has 0 radical (unpaired) electrons. The SMILES string of the molecule is Cc1ccccc1NC(=O)CCSc1nc[nH][n+]1-c1ccccc1. The third-order valence-electron chi connectivity index (χ3n) is 3.55. The Morgan fingerprint density at radius 2 is 1.92 bits per heavy atom. The van der Waals surface area contributed by atoms with Crippen LogP contribution in [-0.4, -0.2) is 21.7 Å². The molecule has 0 saturated heterocycles. The second kappa shape index (κ2) is 7.79. The van der Waals surface area contributed by atoms with Crippen LogP contribution in [0.5, 0.6) is 0 Å². The molecule has 1 amide bonds. The molecule has 3 rings (SSSR count). The molecular weight excluding hydrogens is 320 g/mol. The summed E-state index contributed by atoms with van der Waals surface area (Å²) in [4.78, 5) is 16.4. The topological polar surface area (TPSA) is 61.7 Å². The lowest BCUT2D eigenvalue weighted by molar-refractivity contribution is -0.694. The van der Waals surface area contributed by atoms with Crippen LogP contribution in [0.25, 0.3) is 5.69 Å². The van der Waals surface area contributed by atoms with E-state index < -0.39 is 0 Å². The lowest BCUT2D eigenvalue weighted by atomic mass is 10.2. The Morgan fingerprint density at radius 3 is 2.71 bits per heavy atom. The summed E-state index contributed by atoms with van der Waals surface area (Å²) in [5.74, 6) is 0.675. The summed E-state index contributed by atoms with van der Waals surface area (Å²) in [6, 6.07) is 17.7. The Morgan fingerprint density at radius 1 is 1.17 bits per heavy atom. The van der Waals surface area contributed by atoms with Crippen LogP contribution in [0.2, 0.25) is 0 Å². The van der Waals surface area contributed by atoms with E-state index in [1.54, 1.807) is 18.1 Å². The highest BCUT2D eigenvalue weighted by atomic mass is 32.2. The van der Waals surface area contributed by atoms with Gasteiger partial charge in [0.25, 0.3) is 0 Å². The number of nitrogens with zero attached hydrogens (tertiary/aromatic N) is 2. The van der Waals surface area contributed by atoms with Crippen molar-refractivity contribution < 1.29 is 9.48 Å². The summed E-state index contributed by atoms with van der Waals surface area (Å²) >= 11 is 1.55. The van der Waals surface area contributed by atoms with Gasteiger partial charge in [0.05, 0.1) is 0 Å². The number of aromatic nitrogens is 3. The molecule has 5 nitrogen and oxygen atoms in total. The van der Waals surface area contributed by atoms with Crippen molar-refractivity contribution in [2.45, 2.75) is 18.5 Å². The fourth-order valence-electron chi connectivity index (χ4n) is 2.28. The van der Waals surface area contributed by atoms with Gasteiger partial charge in [-0.05, 0) is 47.4 Å². The van der Waals surface area contributed by atoms with Gasteiger partial charge < -0.3 is 5.32 Å². The molecule has 0 aliphatic carbocycles. The molecule has 0 atom stereocenters. The molecule has 0 unspecified atom stereocenters. The van der Waals surface area contributed by atoms with Gasteiger partial charge in [-0.15, -0.1) is 4.68 Å². The fourth-order valence-corrected chi connectivity index (χ4v) is 3.16. The summed E-state index contributed by atoms with van der Waals surface area (Å²) in [5.41, 5.74) is 2.95. The third-order valence-corrected chi connectivity index (χ3v) is 4.50. The van der Waals surface area contributed by atoms with Crippen LogP contribution in [-0.2, 0) is 4.79 Å². The number of hydrogen-bond acceptors (Lipinski definition) is 3. The van der Waals surface area contributed by atoms with Gasteiger partial charge in [-0.25, -0.2) is 0 Å². The Balaban J connectivity index is 1.55. The number of nitrogens with one attached hydrogen (secondary N) is 2. The Bertz CT molecular complexity index is 817. The summed E-state index contributed by atoms with van der Waals surface area (Å²) in [7, 11) is 0. The summed E-state index contributed by atoms with van der Waals surface area (Å²) in [6.45, 7) is 1.98. The van der Waals surface area contributed by atoms with E-state index >= 15 is 0 Å². The number of carbonyl (C=O) groups excluding carboxylic acids is 1. The number of H-pyrrole nitrogens is 1. The van der Waals surface area contributed by atoms with Crippen LogP contribution in [0, 0.1) is 6.92 Å². The molecule has 24 heavy (non-hydrogen) atoms. The van der Waals surface area contributed by atoms with E-state index in [4.69, 9.17) is 0 Å². The molecule has 122 valence electrons. The molecule has 0 saturated carbocycles. The van der Waals surface area contributed by atoms with E-state index in [0.717, 1.165) is 22.1 Å². The van der Waals surface area contributed by atoms with E-state index in [0.29, 0.717) is 12.2 Å². The maximum absolute atomic E-state index is 12.1. The first kappa shape index (κ1) is 16.3. The van der Waals surface area contributed by atoms with Crippen molar-refractivity contribution in [3.63, 3.8) is 0 Å². The Hall–Kier alpha value is -2.60. The van der Waals surface area contributed by atoms with Crippen LogP contribution >= 0.6 is 11.8 Å². The van der Waals surface area contributed by atoms with Crippen LogP contribution < -0.4 is 10.00 Å². The molecule has 0 spiro atoms. The highest BCUT2D eigenvalue weighted by Crippen LogP contribution is 2.16. The van der Waals surface area contributed by atoms with Crippen LogP contribution in [0.3, 0.4) is 0 Å². The predicted molar refractivity (Wildman–Crippen MR) is 95.3 cm³/mol. The number of amides is 1. The molecule has 2 N–H and O–H groups in total. The third kappa shape index (κ3) is 4.02. The Labute approximate surface area is 145 Å². The van der Waals surface area contributed by atoms with Crippen LogP contribution in [0.4, 0.5) is 5.69 Å². The molecule has 1 aromatic heterocycles. The smallest absolute Gasteiger partial charge is 0.326 e. The number of para-hydroxylation sites is 2. The van der Waals surface area contributed by atoms with E-state index in [9.17, 15) is 4.79 Å². The lowest BCUT2D eigenvalue weighted by Crippen LogP contribution is -2.34. The van der Waals surface area contributed by atoms with Gasteiger partial charge in [-0.1, -0.05) is 36.4 Å². The zero-order chi connectivity index (χ0) is 16.8. The maximum Gasteiger partial charge on any atom is 0.385 e. The maximum atomic E-state index is 12.1. The van der Waals surface area contributed by atoms with Crippen molar-refractivity contribution in [1.82, 2.24) is 10.1 Å². The number of thioether (sulfide) groups is 1. The zero-order valence-corrected chi connectivity index (χ0v) is 14.2. The summed E-state index contributed by atoms with van der Waals surface area (Å²) < 4.78 is 1.91. The molecule has 0 bridgehead atoms. The van der Waals surface area contributed by atoms with E-state index in [1.807, 2.05) is 66.2 Å². The standard InChI is InChI=1S/C18H18N4OS/c1-14-7-5-6-10-16(14)21-17(23)11-12-24-18-19-13-20-22(18)15-8-3-2-4-9-15/h2-10,13H,11-12H2,1H3,(H,21,23)/p+1. The first-order valence-electron chi connectivity index (χ1n) is 7.73. The number of aryl methyl sites for hydroxylation is 1. The highest BCUT2D eigenvalue weighted by Gasteiger charge is 2.17. The molecular formula is C18H19N4OS+. The molecule has 6 heteroatoms. The number of benzene rings is 2. The fraction of sp³-hybridized carbons (Fsp3) is 0.167. The predicted octanol–water partition coefficient (Wildman–Crippen LogP) is 3.12. The van der Waals surface area contributed by atoms with Gasteiger partial charge in [-0.2, -0.15) is 5.10 Å². The number of carbonyl (C=O) groups is 1. The minimum Gasteiger partial charge on any atom is -0.326 e. The molecule has 0 fully saturated rings.